The van der Waals surface area contributed by atoms with E-state index in [0.717, 1.165) is 0 Å². The molecule has 2 aromatic rings. The van der Waals surface area contributed by atoms with Crippen LogP contribution in [0.2, 0.25) is 0 Å². The molecule has 1 N–H and O–H groups in total. The van der Waals surface area contributed by atoms with Crippen molar-refractivity contribution in [2.75, 3.05) is 5.75 Å². The van der Waals surface area contributed by atoms with Gasteiger partial charge in [0, 0.05) is 5.54 Å². The van der Waals surface area contributed by atoms with E-state index in [1.54, 1.807) is 31.2 Å². The Labute approximate surface area is 130 Å². The molecule has 120 valence electrons. The normalized spacial score (nSPS) is 12.5. The van der Waals surface area contributed by atoms with E-state index < -0.39 is 9.84 Å². The lowest BCUT2D eigenvalue weighted by molar-refractivity contribution is -0.123. The lowest BCUT2D eigenvalue weighted by Crippen LogP contribution is -2.42. The molecular formula is C15H21N3O3S. The quantitative estimate of drug-likeness (QED) is 0.929. The zero-order valence-corrected chi connectivity index (χ0v) is 14.1. The third-order valence-corrected chi connectivity index (χ3v) is 4.72. The van der Waals surface area contributed by atoms with Gasteiger partial charge in [0.1, 0.15) is 6.54 Å². The van der Waals surface area contributed by atoms with E-state index in [0.29, 0.717) is 11.0 Å². The van der Waals surface area contributed by atoms with Crippen molar-refractivity contribution < 1.29 is 13.2 Å². The second-order valence-electron chi connectivity index (χ2n) is 6.17. The van der Waals surface area contributed by atoms with Crippen LogP contribution in [0.5, 0.6) is 0 Å². The second-order valence-corrected chi connectivity index (χ2v) is 8.34. The third kappa shape index (κ3) is 3.47. The minimum Gasteiger partial charge on any atom is -0.350 e. The van der Waals surface area contributed by atoms with E-state index in [1.807, 2.05) is 20.8 Å². The molecule has 1 heterocycles. The number of hydrogen-bond acceptors (Lipinski definition) is 4. The number of fused-ring (bicyclic) bond motifs is 1. The van der Waals surface area contributed by atoms with Crippen molar-refractivity contribution in [3.05, 3.63) is 24.3 Å². The molecule has 1 amide bonds. The summed E-state index contributed by atoms with van der Waals surface area (Å²) in [6.45, 7) is 7.11. The molecule has 6 nitrogen and oxygen atoms in total. The number of benzene rings is 1. The van der Waals surface area contributed by atoms with Crippen molar-refractivity contribution in [3.8, 4) is 0 Å². The summed E-state index contributed by atoms with van der Waals surface area (Å²) in [6, 6.07) is 7.09. The van der Waals surface area contributed by atoms with Gasteiger partial charge in [-0.2, -0.15) is 0 Å². The van der Waals surface area contributed by atoms with Crippen molar-refractivity contribution >= 4 is 26.8 Å². The number of nitrogens with zero attached hydrogens (tertiary/aromatic N) is 2. The minimum absolute atomic E-state index is 0.0553. The van der Waals surface area contributed by atoms with E-state index in [9.17, 15) is 13.2 Å². The number of imidazole rings is 1. The van der Waals surface area contributed by atoms with Gasteiger partial charge in [-0.25, -0.2) is 13.4 Å². The second kappa shape index (κ2) is 5.72. The molecule has 0 unspecified atom stereocenters. The summed E-state index contributed by atoms with van der Waals surface area (Å²) < 4.78 is 26.0. The van der Waals surface area contributed by atoms with Gasteiger partial charge in [-0.3, -0.25) is 4.79 Å². The molecule has 0 radical (unpaired) electrons. The van der Waals surface area contributed by atoms with Crippen LogP contribution in [-0.4, -0.2) is 35.2 Å². The van der Waals surface area contributed by atoms with Crippen molar-refractivity contribution in [3.63, 3.8) is 0 Å². The van der Waals surface area contributed by atoms with Crippen LogP contribution in [0.15, 0.2) is 29.4 Å². The summed E-state index contributed by atoms with van der Waals surface area (Å²) in [5, 5.41) is 2.78. The number of carbonyl (C=O) groups is 1. The van der Waals surface area contributed by atoms with E-state index in [1.165, 1.54) is 4.57 Å². The molecule has 0 fully saturated rings. The van der Waals surface area contributed by atoms with Crippen LogP contribution in [0, 0.1) is 0 Å². The molecule has 0 saturated carbocycles. The van der Waals surface area contributed by atoms with Crippen molar-refractivity contribution in [1.29, 1.82) is 0 Å². The highest BCUT2D eigenvalue weighted by Crippen LogP contribution is 2.20. The molecule has 0 bridgehead atoms. The predicted octanol–water partition coefficient (Wildman–Crippen LogP) is 1.74. The number of hydrogen-bond donors (Lipinski definition) is 1. The molecule has 7 heteroatoms. The number of nitrogens with one attached hydrogen (secondary N) is 1. The van der Waals surface area contributed by atoms with Gasteiger partial charge in [-0.1, -0.05) is 19.1 Å². The first-order valence-electron chi connectivity index (χ1n) is 7.13. The molecular weight excluding hydrogens is 302 g/mol. The summed E-state index contributed by atoms with van der Waals surface area (Å²) in [5.74, 6) is -0.305. The van der Waals surface area contributed by atoms with Crippen molar-refractivity contribution in [1.82, 2.24) is 14.9 Å². The van der Waals surface area contributed by atoms with Crippen LogP contribution in [0.3, 0.4) is 0 Å². The standard InChI is InChI=1S/C15H21N3O3S/c1-5-22(20,21)14-16-11-8-6-7-9-12(11)18(14)10-13(19)17-15(2,3)4/h6-9H,5,10H2,1-4H3,(H,17,19). The van der Waals surface area contributed by atoms with Crippen LogP contribution in [-0.2, 0) is 21.2 Å². The molecule has 0 aliphatic carbocycles. The fraction of sp³-hybridized carbons (Fsp3) is 0.467. The maximum Gasteiger partial charge on any atom is 0.240 e. The topological polar surface area (TPSA) is 81.1 Å². The van der Waals surface area contributed by atoms with Crippen molar-refractivity contribution in [2.24, 2.45) is 0 Å². The van der Waals surface area contributed by atoms with Gasteiger partial charge in [0.15, 0.2) is 0 Å². The smallest absolute Gasteiger partial charge is 0.240 e. The fourth-order valence-electron chi connectivity index (χ4n) is 2.17. The molecule has 2 rings (SSSR count). The molecule has 0 spiro atoms. The lowest BCUT2D eigenvalue weighted by Gasteiger charge is -2.21. The van der Waals surface area contributed by atoms with E-state index in [4.69, 9.17) is 0 Å². The largest absolute Gasteiger partial charge is 0.350 e. The summed E-state index contributed by atoms with van der Waals surface area (Å²) >= 11 is 0. The molecule has 22 heavy (non-hydrogen) atoms. The summed E-state index contributed by atoms with van der Waals surface area (Å²) in [5.41, 5.74) is 0.828. The van der Waals surface area contributed by atoms with E-state index in [-0.39, 0.29) is 28.9 Å². The Morgan fingerprint density at radius 1 is 1.27 bits per heavy atom. The van der Waals surface area contributed by atoms with Gasteiger partial charge in [0.05, 0.1) is 16.8 Å². The molecule has 0 atom stereocenters. The SMILES string of the molecule is CCS(=O)(=O)c1nc2ccccc2n1CC(=O)NC(C)(C)C. The first kappa shape index (κ1) is 16.5. The Balaban J connectivity index is 2.51. The van der Waals surface area contributed by atoms with Gasteiger partial charge in [-0.15, -0.1) is 0 Å². The zero-order chi connectivity index (χ0) is 16.5. The maximum atomic E-state index is 12.2. The van der Waals surface area contributed by atoms with E-state index in [2.05, 4.69) is 10.3 Å². The van der Waals surface area contributed by atoms with E-state index >= 15 is 0 Å². The number of carbonyl (C=O) groups excluding carboxylic acids is 1. The monoisotopic (exact) mass is 323 g/mol. The highest BCUT2D eigenvalue weighted by molar-refractivity contribution is 7.91. The van der Waals surface area contributed by atoms with Crippen LogP contribution in [0.1, 0.15) is 27.7 Å². The fourth-order valence-corrected chi connectivity index (χ4v) is 3.17. The summed E-state index contributed by atoms with van der Waals surface area (Å²) in [7, 11) is -3.51. The molecule has 1 aromatic heterocycles. The Morgan fingerprint density at radius 3 is 2.50 bits per heavy atom. The molecule has 0 aliphatic heterocycles. The van der Waals surface area contributed by atoms with Gasteiger partial charge in [-0.05, 0) is 32.9 Å². The third-order valence-electron chi connectivity index (χ3n) is 3.09. The van der Waals surface area contributed by atoms with Crippen LogP contribution >= 0.6 is 0 Å². The average molecular weight is 323 g/mol. The molecule has 0 saturated heterocycles. The Bertz CT molecular complexity index is 801. The zero-order valence-electron chi connectivity index (χ0n) is 13.3. The highest BCUT2D eigenvalue weighted by atomic mass is 32.2. The van der Waals surface area contributed by atoms with Gasteiger partial charge >= 0.3 is 0 Å². The van der Waals surface area contributed by atoms with Gasteiger partial charge < -0.3 is 9.88 Å². The Morgan fingerprint density at radius 2 is 1.91 bits per heavy atom. The minimum atomic E-state index is -3.51. The summed E-state index contributed by atoms with van der Waals surface area (Å²) in [6.07, 6.45) is 0. The number of aromatic nitrogens is 2. The predicted molar refractivity (Wildman–Crippen MR) is 85.4 cm³/mol. The van der Waals surface area contributed by atoms with Crippen LogP contribution in [0.25, 0.3) is 11.0 Å². The number of para-hydroxylation sites is 2. The lowest BCUT2D eigenvalue weighted by atomic mass is 10.1. The number of rotatable bonds is 4. The maximum absolute atomic E-state index is 12.2. The van der Waals surface area contributed by atoms with Crippen LogP contribution in [0.4, 0.5) is 0 Å². The average Bonchev–Trinajstić information content (AvgIpc) is 2.76. The summed E-state index contributed by atoms with van der Waals surface area (Å²) in [4.78, 5) is 16.4. The van der Waals surface area contributed by atoms with Gasteiger partial charge in [0.25, 0.3) is 0 Å². The Kier molecular flexibility index (Phi) is 4.28. The number of sulfone groups is 1. The van der Waals surface area contributed by atoms with Crippen molar-refractivity contribution in [2.45, 2.75) is 44.9 Å². The first-order valence-corrected chi connectivity index (χ1v) is 8.78. The molecule has 1 aromatic carbocycles. The molecule has 0 aliphatic rings. The first-order chi connectivity index (χ1) is 10.1. The Hall–Kier alpha value is -1.89. The van der Waals surface area contributed by atoms with Gasteiger partial charge in [0.2, 0.25) is 20.9 Å². The number of amides is 1. The highest BCUT2D eigenvalue weighted by Gasteiger charge is 2.24. The van der Waals surface area contributed by atoms with Crippen LogP contribution < -0.4 is 5.32 Å².